The summed E-state index contributed by atoms with van der Waals surface area (Å²) in [5.41, 5.74) is 0. The minimum absolute atomic E-state index is 0.230. The van der Waals surface area contributed by atoms with Gasteiger partial charge in [-0.15, -0.1) is 0 Å². The van der Waals surface area contributed by atoms with Crippen molar-refractivity contribution in [3.8, 4) is 0 Å². The van der Waals surface area contributed by atoms with Crippen LogP contribution >= 0.6 is 15.9 Å². The first kappa shape index (κ1) is 13.0. The predicted octanol–water partition coefficient (Wildman–Crippen LogP) is 1.40. The highest BCUT2D eigenvalue weighted by Gasteiger charge is 2.27. The van der Waals surface area contributed by atoms with Gasteiger partial charge >= 0.3 is 12.0 Å². The van der Waals surface area contributed by atoms with Gasteiger partial charge in [0.25, 0.3) is 0 Å². The number of carbonyl (C=O) groups excluding carboxylic acids is 1. The number of carboxylic acids is 1. The molecule has 1 saturated heterocycles. The minimum Gasteiger partial charge on any atom is -0.481 e. The smallest absolute Gasteiger partial charge is 0.317 e. The largest absolute Gasteiger partial charge is 0.481 e. The van der Waals surface area contributed by atoms with Gasteiger partial charge in [0.15, 0.2) is 0 Å². The monoisotopic (exact) mass is 290 g/mol. The van der Waals surface area contributed by atoms with Crippen LogP contribution in [-0.2, 0) is 4.79 Å². The number of hydrogen-bond donors (Lipinski definition) is 2. The molecule has 2 amide bonds. The summed E-state index contributed by atoms with van der Waals surface area (Å²) in [6.07, 6.45) is 1.38. The Morgan fingerprint density at radius 1 is 1.56 bits per heavy atom. The number of likely N-dealkylation sites (tertiary alicyclic amines) is 1. The molecule has 16 heavy (non-hydrogen) atoms. The number of rotatable bonds is 3. The standard InChI is InChI=1S/C10H15BrN2O3/c1-7(11)5-12-10(16)13-4-2-3-8(6-13)9(14)15/h8H,1-6H2,(H,12,16)(H,14,15). The molecule has 0 aromatic carbocycles. The SMILES string of the molecule is C=C(Br)CNC(=O)N1CCCC(C(=O)O)C1. The molecule has 0 bridgehead atoms. The van der Waals surface area contributed by atoms with Crippen molar-refractivity contribution in [2.24, 2.45) is 5.92 Å². The van der Waals surface area contributed by atoms with Crippen LogP contribution in [0.5, 0.6) is 0 Å². The average molecular weight is 291 g/mol. The zero-order valence-electron chi connectivity index (χ0n) is 8.91. The second-order valence-corrected chi connectivity index (χ2v) is 4.92. The molecule has 1 heterocycles. The molecule has 2 N–H and O–H groups in total. The molecule has 0 saturated carbocycles. The molecule has 90 valence electrons. The fraction of sp³-hybridized carbons (Fsp3) is 0.600. The highest BCUT2D eigenvalue weighted by atomic mass is 79.9. The van der Waals surface area contributed by atoms with Crippen LogP contribution < -0.4 is 5.32 Å². The van der Waals surface area contributed by atoms with Gasteiger partial charge in [-0.2, -0.15) is 0 Å². The Hall–Kier alpha value is -1.04. The quantitative estimate of drug-likeness (QED) is 0.825. The van der Waals surface area contributed by atoms with Crippen molar-refractivity contribution in [3.63, 3.8) is 0 Å². The van der Waals surface area contributed by atoms with E-state index >= 15 is 0 Å². The van der Waals surface area contributed by atoms with Gasteiger partial charge in [0, 0.05) is 17.6 Å². The number of amides is 2. The number of urea groups is 1. The number of carboxylic acid groups (broad SMARTS) is 1. The van der Waals surface area contributed by atoms with Crippen molar-refractivity contribution in [2.45, 2.75) is 12.8 Å². The van der Waals surface area contributed by atoms with Crippen molar-refractivity contribution in [1.29, 1.82) is 0 Å². The third-order valence-corrected chi connectivity index (χ3v) is 2.77. The van der Waals surface area contributed by atoms with E-state index in [1.54, 1.807) is 0 Å². The Balaban J connectivity index is 2.43. The second kappa shape index (κ2) is 5.89. The van der Waals surface area contributed by atoms with Gasteiger partial charge in [0.05, 0.1) is 12.5 Å². The predicted molar refractivity (Wildman–Crippen MR) is 63.4 cm³/mol. The zero-order valence-corrected chi connectivity index (χ0v) is 10.5. The molecule has 0 aromatic heterocycles. The Labute approximate surface area is 103 Å². The maximum absolute atomic E-state index is 11.6. The van der Waals surface area contributed by atoms with E-state index in [-0.39, 0.29) is 12.6 Å². The third kappa shape index (κ3) is 3.84. The first-order valence-corrected chi connectivity index (χ1v) is 5.89. The van der Waals surface area contributed by atoms with Crippen LogP contribution in [0.15, 0.2) is 11.1 Å². The average Bonchev–Trinajstić information content (AvgIpc) is 2.26. The van der Waals surface area contributed by atoms with Gasteiger partial charge in [-0.1, -0.05) is 22.5 Å². The highest BCUT2D eigenvalue weighted by Crippen LogP contribution is 2.16. The normalized spacial score (nSPS) is 20.3. The van der Waals surface area contributed by atoms with Crippen molar-refractivity contribution in [3.05, 3.63) is 11.1 Å². The van der Waals surface area contributed by atoms with E-state index in [1.165, 1.54) is 4.90 Å². The Morgan fingerprint density at radius 3 is 2.81 bits per heavy atom. The van der Waals surface area contributed by atoms with E-state index in [4.69, 9.17) is 5.11 Å². The Bertz CT molecular complexity index is 306. The molecular weight excluding hydrogens is 276 g/mol. The van der Waals surface area contributed by atoms with Gasteiger partial charge in [-0.3, -0.25) is 4.79 Å². The lowest BCUT2D eigenvalue weighted by molar-refractivity contribution is -0.143. The molecule has 0 radical (unpaired) electrons. The van der Waals surface area contributed by atoms with Gasteiger partial charge in [-0.25, -0.2) is 4.79 Å². The van der Waals surface area contributed by atoms with Crippen LogP contribution in [-0.4, -0.2) is 41.6 Å². The summed E-state index contributed by atoms with van der Waals surface area (Å²) < 4.78 is 0.688. The van der Waals surface area contributed by atoms with Crippen LogP contribution in [0.3, 0.4) is 0 Å². The van der Waals surface area contributed by atoms with Gasteiger partial charge in [0.1, 0.15) is 0 Å². The van der Waals surface area contributed by atoms with E-state index in [9.17, 15) is 9.59 Å². The highest BCUT2D eigenvalue weighted by molar-refractivity contribution is 9.11. The summed E-state index contributed by atoms with van der Waals surface area (Å²) in [6, 6.07) is -0.230. The molecule has 5 nitrogen and oxygen atoms in total. The number of halogens is 1. The summed E-state index contributed by atoms with van der Waals surface area (Å²) in [5.74, 6) is -1.27. The van der Waals surface area contributed by atoms with E-state index in [0.29, 0.717) is 24.0 Å². The van der Waals surface area contributed by atoms with Crippen LogP contribution in [0.1, 0.15) is 12.8 Å². The summed E-state index contributed by atoms with van der Waals surface area (Å²) in [4.78, 5) is 24.0. The Morgan fingerprint density at radius 2 is 2.25 bits per heavy atom. The molecule has 1 aliphatic heterocycles. The number of nitrogens with zero attached hydrogens (tertiary/aromatic N) is 1. The number of piperidine rings is 1. The third-order valence-electron chi connectivity index (χ3n) is 2.49. The molecule has 0 aliphatic carbocycles. The molecule has 1 fully saturated rings. The lowest BCUT2D eigenvalue weighted by Crippen LogP contribution is -2.47. The molecule has 1 rings (SSSR count). The first-order chi connectivity index (χ1) is 7.50. The summed E-state index contributed by atoms with van der Waals surface area (Å²) >= 11 is 3.14. The fourth-order valence-electron chi connectivity index (χ4n) is 1.65. The Kier molecular flexibility index (Phi) is 4.79. The van der Waals surface area contributed by atoms with Gasteiger partial charge in [0.2, 0.25) is 0 Å². The number of aliphatic carboxylic acids is 1. The molecular formula is C10H15BrN2O3. The van der Waals surface area contributed by atoms with Crippen molar-refractivity contribution >= 4 is 27.9 Å². The van der Waals surface area contributed by atoms with Crippen LogP contribution in [0.25, 0.3) is 0 Å². The summed E-state index contributed by atoms with van der Waals surface area (Å²) in [7, 11) is 0. The lowest BCUT2D eigenvalue weighted by atomic mass is 9.99. The zero-order chi connectivity index (χ0) is 12.1. The topological polar surface area (TPSA) is 69.6 Å². The molecule has 1 aliphatic rings. The molecule has 0 aromatic rings. The van der Waals surface area contributed by atoms with Crippen molar-refractivity contribution < 1.29 is 14.7 Å². The van der Waals surface area contributed by atoms with Crippen LogP contribution in [0.4, 0.5) is 4.79 Å². The lowest BCUT2D eigenvalue weighted by Gasteiger charge is -2.30. The molecule has 0 spiro atoms. The van der Waals surface area contributed by atoms with E-state index < -0.39 is 11.9 Å². The maximum atomic E-state index is 11.6. The van der Waals surface area contributed by atoms with E-state index in [1.807, 2.05) is 0 Å². The molecule has 6 heteroatoms. The number of hydrogen-bond acceptors (Lipinski definition) is 2. The van der Waals surface area contributed by atoms with E-state index in [0.717, 1.165) is 6.42 Å². The molecule has 1 unspecified atom stereocenters. The van der Waals surface area contributed by atoms with Crippen molar-refractivity contribution in [1.82, 2.24) is 10.2 Å². The minimum atomic E-state index is -0.831. The van der Waals surface area contributed by atoms with Crippen LogP contribution in [0.2, 0.25) is 0 Å². The van der Waals surface area contributed by atoms with Crippen molar-refractivity contribution in [2.75, 3.05) is 19.6 Å². The van der Waals surface area contributed by atoms with Crippen LogP contribution in [0, 0.1) is 5.92 Å². The molecule has 1 atom stereocenters. The second-order valence-electron chi connectivity index (χ2n) is 3.80. The van der Waals surface area contributed by atoms with Gasteiger partial charge in [-0.05, 0) is 12.8 Å². The van der Waals surface area contributed by atoms with Gasteiger partial charge < -0.3 is 15.3 Å². The van der Waals surface area contributed by atoms with E-state index in [2.05, 4.69) is 27.8 Å². The summed E-state index contributed by atoms with van der Waals surface area (Å²) in [6.45, 7) is 4.86. The first-order valence-electron chi connectivity index (χ1n) is 5.09. The fourth-order valence-corrected chi connectivity index (χ4v) is 1.79. The number of carbonyl (C=O) groups is 2. The maximum Gasteiger partial charge on any atom is 0.317 e. The summed E-state index contributed by atoms with van der Waals surface area (Å²) in [5, 5.41) is 11.5. The number of nitrogens with one attached hydrogen (secondary N) is 1.